The normalized spacial score (nSPS) is 15.0. The van der Waals surface area contributed by atoms with Gasteiger partial charge in [-0.15, -0.1) is 17.5 Å². The fraction of sp³-hybridized carbons (Fsp3) is 0.357. The zero-order valence-electron chi connectivity index (χ0n) is 12.1. The molecule has 1 aliphatic heterocycles. The first kappa shape index (κ1) is 17.8. The maximum atomic E-state index is 13.7. The second kappa shape index (κ2) is 7.85. The zero-order valence-corrected chi connectivity index (χ0v) is 14.5. The van der Waals surface area contributed by atoms with Crippen LogP contribution in [0, 0.1) is 5.82 Å². The number of anilines is 1. The van der Waals surface area contributed by atoms with E-state index in [0.717, 1.165) is 25.9 Å². The Hall–Kier alpha value is -1.51. The van der Waals surface area contributed by atoms with E-state index in [0.29, 0.717) is 4.47 Å². The highest BCUT2D eigenvalue weighted by Crippen LogP contribution is 2.21. The molecule has 0 unspecified atom stereocenters. The summed E-state index contributed by atoms with van der Waals surface area (Å²) in [6, 6.07) is 4.60. The summed E-state index contributed by atoms with van der Waals surface area (Å²) in [4.78, 5) is 12.2. The van der Waals surface area contributed by atoms with Crippen LogP contribution >= 0.6 is 28.3 Å². The van der Waals surface area contributed by atoms with Crippen LogP contribution in [-0.4, -0.2) is 34.0 Å². The predicted molar refractivity (Wildman–Crippen MR) is 90.5 cm³/mol. The molecular weight excluding hydrogens is 389 g/mol. The molecule has 3 rings (SSSR count). The summed E-state index contributed by atoms with van der Waals surface area (Å²) in [6.45, 7) is 1.85. The van der Waals surface area contributed by atoms with Gasteiger partial charge in [0.2, 0.25) is 0 Å². The number of benzene rings is 1. The first-order chi connectivity index (χ1) is 10.6. The Labute approximate surface area is 147 Å². The number of nitrogens with one attached hydrogen (secondary N) is 2. The monoisotopic (exact) mass is 403 g/mol. The van der Waals surface area contributed by atoms with Gasteiger partial charge in [0.15, 0.2) is 5.69 Å². The number of rotatable bonds is 3. The Bertz CT molecular complexity index is 690. The Morgan fingerprint density at radius 1 is 1.39 bits per heavy atom. The van der Waals surface area contributed by atoms with Gasteiger partial charge in [0.25, 0.3) is 5.91 Å². The van der Waals surface area contributed by atoms with Crippen molar-refractivity contribution in [2.75, 3.05) is 18.4 Å². The van der Waals surface area contributed by atoms with Crippen molar-refractivity contribution in [3.63, 3.8) is 0 Å². The second-order valence-electron chi connectivity index (χ2n) is 5.14. The molecular formula is C14H16BrClFN5O. The Balaban J connectivity index is 0.00000192. The summed E-state index contributed by atoms with van der Waals surface area (Å²) < 4.78 is 16.1. The number of hydrogen-bond acceptors (Lipinski definition) is 4. The van der Waals surface area contributed by atoms with Crippen LogP contribution in [-0.2, 0) is 0 Å². The molecule has 0 radical (unpaired) electrons. The topological polar surface area (TPSA) is 71.8 Å². The summed E-state index contributed by atoms with van der Waals surface area (Å²) >= 11 is 3.24. The third-order valence-electron chi connectivity index (χ3n) is 3.60. The molecule has 1 amide bonds. The number of aromatic nitrogens is 3. The number of amides is 1. The van der Waals surface area contributed by atoms with E-state index in [2.05, 4.69) is 36.9 Å². The van der Waals surface area contributed by atoms with Gasteiger partial charge in [-0.3, -0.25) is 4.79 Å². The Morgan fingerprint density at radius 3 is 2.87 bits per heavy atom. The lowest BCUT2D eigenvalue weighted by atomic mass is 10.1. The zero-order chi connectivity index (χ0) is 15.5. The van der Waals surface area contributed by atoms with E-state index in [9.17, 15) is 9.18 Å². The Morgan fingerprint density at radius 2 is 2.13 bits per heavy atom. The molecule has 1 saturated heterocycles. The van der Waals surface area contributed by atoms with Gasteiger partial charge in [0.1, 0.15) is 5.82 Å². The average Bonchev–Trinajstić information content (AvgIpc) is 3.02. The molecule has 0 bridgehead atoms. The Kier molecular flexibility index (Phi) is 6.09. The van der Waals surface area contributed by atoms with Gasteiger partial charge in [-0.05, 0) is 44.1 Å². The molecule has 2 N–H and O–H groups in total. The third kappa shape index (κ3) is 4.27. The van der Waals surface area contributed by atoms with E-state index >= 15 is 0 Å². The van der Waals surface area contributed by atoms with Crippen molar-refractivity contribution < 1.29 is 9.18 Å². The molecule has 0 aliphatic carbocycles. The van der Waals surface area contributed by atoms with Crippen LogP contribution in [0.3, 0.4) is 0 Å². The quantitative estimate of drug-likeness (QED) is 0.825. The smallest absolute Gasteiger partial charge is 0.277 e. The number of carbonyl (C=O) groups excluding carboxylic acids is 1. The minimum Gasteiger partial charge on any atom is -0.318 e. The van der Waals surface area contributed by atoms with Gasteiger partial charge >= 0.3 is 0 Å². The number of halogens is 3. The first-order valence-corrected chi connectivity index (χ1v) is 7.82. The van der Waals surface area contributed by atoms with Gasteiger partial charge in [0.05, 0.1) is 17.9 Å². The SMILES string of the molecule is Cl.O=C(Nc1cc(Br)ccc1F)c1cn(C2CCNCC2)nn1. The van der Waals surface area contributed by atoms with Gasteiger partial charge in [0, 0.05) is 4.47 Å². The van der Waals surface area contributed by atoms with Crippen molar-refractivity contribution in [3.05, 3.63) is 40.4 Å². The summed E-state index contributed by atoms with van der Waals surface area (Å²) in [5, 5.41) is 13.7. The maximum absolute atomic E-state index is 13.7. The highest BCUT2D eigenvalue weighted by Gasteiger charge is 2.19. The van der Waals surface area contributed by atoms with Gasteiger partial charge in [-0.1, -0.05) is 21.1 Å². The summed E-state index contributed by atoms with van der Waals surface area (Å²) in [5.74, 6) is -0.973. The lowest BCUT2D eigenvalue weighted by molar-refractivity contribution is 0.102. The number of nitrogens with zero attached hydrogens (tertiary/aromatic N) is 3. The molecule has 1 aliphatic rings. The van der Waals surface area contributed by atoms with Crippen molar-refractivity contribution in [3.8, 4) is 0 Å². The van der Waals surface area contributed by atoms with Crippen LogP contribution in [0.5, 0.6) is 0 Å². The minimum atomic E-state index is -0.498. The lowest BCUT2D eigenvalue weighted by Gasteiger charge is -2.22. The van der Waals surface area contributed by atoms with Crippen molar-refractivity contribution in [2.24, 2.45) is 0 Å². The average molecular weight is 405 g/mol. The van der Waals surface area contributed by atoms with Gasteiger partial charge in [-0.25, -0.2) is 9.07 Å². The highest BCUT2D eigenvalue weighted by atomic mass is 79.9. The van der Waals surface area contributed by atoms with E-state index in [1.54, 1.807) is 16.9 Å². The van der Waals surface area contributed by atoms with E-state index in [4.69, 9.17) is 0 Å². The van der Waals surface area contributed by atoms with E-state index in [1.807, 2.05) is 0 Å². The van der Waals surface area contributed by atoms with Crippen LogP contribution in [0.4, 0.5) is 10.1 Å². The van der Waals surface area contributed by atoms with Crippen LogP contribution in [0.2, 0.25) is 0 Å². The lowest BCUT2D eigenvalue weighted by Crippen LogP contribution is -2.29. The van der Waals surface area contributed by atoms with E-state index in [1.165, 1.54) is 12.1 Å². The molecule has 0 saturated carbocycles. The molecule has 0 spiro atoms. The molecule has 6 nitrogen and oxygen atoms in total. The molecule has 2 aromatic rings. The predicted octanol–water partition coefficient (Wildman–Crippen LogP) is 2.78. The van der Waals surface area contributed by atoms with Crippen LogP contribution in [0.1, 0.15) is 29.4 Å². The molecule has 9 heteroatoms. The summed E-state index contributed by atoms with van der Waals surface area (Å²) in [7, 11) is 0. The van der Waals surface area contributed by atoms with Crippen LogP contribution in [0.25, 0.3) is 0 Å². The maximum Gasteiger partial charge on any atom is 0.277 e. The largest absolute Gasteiger partial charge is 0.318 e. The number of piperidine rings is 1. The van der Waals surface area contributed by atoms with E-state index in [-0.39, 0.29) is 29.8 Å². The first-order valence-electron chi connectivity index (χ1n) is 7.02. The van der Waals surface area contributed by atoms with Crippen molar-refractivity contribution >= 4 is 39.9 Å². The molecule has 1 aromatic carbocycles. The van der Waals surface area contributed by atoms with Crippen LogP contribution in [0.15, 0.2) is 28.9 Å². The molecule has 1 fully saturated rings. The molecule has 23 heavy (non-hydrogen) atoms. The van der Waals surface area contributed by atoms with Crippen LogP contribution < -0.4 is 10.6 Å². The van der Waals surface area contributed by atoms with Gasteiger partial charge < -0.3 is 10.6 Å². The number of hydrogen-bond donors (Lipinski definition) is 2. The summed E-state index contributed by atoms with van der Waals surface area (Å²) in [6.07, 6.45) is 3.51. The fourth-order valence-electron chi connectivity index (χ4n) is 2.41. The highest BCUT2D eigenvalue weighted by molar-refractivity contribution is 9.10. The minimum absolute atomic E-state index is 0. The summed E-state index contributed by atoms with van der Waals surface area (Å²) in [5.41, 5.74) is 0.286. The molecule has 0 atom stereocenters. The van der Waals surface area contributed by atoms with Crippen molar-refractivity contribution in [1.29, 1.82) is 0 Å². The fourth-order valence-corrected chi connectivity index (χ4v) is 2.77. The van der Waals surface area contributed by atoms with Crippen molar-refractivity contribution in [2.45, 2.75) is 18.9 Å². The molecule has 2 heterocycles. The van der Waals surface area contributed by atoms with Crippen molar-refractivity contribution in [1.82, 2.24) is 20.3 Å². The molecule has 124 valence electrons. The second-order valence-corrected chi connectivity index (χ2v) is 6.06. The van der Waals surface area contributed by atoms with E-state index < -0.39 is 11.7 Å². The van der Waals surface area contributed by atoms with Gasteiger partial charge in [-0.2, -0.15) is 0 Å². The molecule has 1 aromatic heterocycles. The number of carbonyl (C=O) groups is 1. The third-order valence-corrected chi connectivity index (χ3v) is 4.10. The standard InChI is InChI=1S/C14H15BrFN5O.ClH/c15-9-1-2-11(16)12(7-9)18-14(22)13-8-21(20-19-13)10-3-5-17-6-4-10;/h1-2,7-8,10,17H,3-6H2,(H,18,22);1H.